The molecule has 1 aromatic carbocycles. The third-order valence-electron chi connectivity index (χ3n) is 2.45. The predicted molar refractivity (Wildman–Crippen MR) is 69.2 cm³/mol. The van der Waals surface area contributed by atoms with E-state index in [0.717, 1.165) is 4.47 Å². The first kappa shape index (κ1) is 13.2. The number of carbonyl (C=O) groups excluding carboxylic acids is 1. The second kappa shape index (κ2) is 6.66. The molecule has 0 radical (unpaired) electrons. The van der Waals surface area contributed by atoms with Crippen LogP contribution in [0.4, 0.5) is 0 Å². The number of carbonyl (C=O) groups is 1. The first-order valence-corrected chi connectivity index (χ1v) is 6.12. The summed E-state index contributed by atoms with van der Waals surface area (Å²) in [7, 11) is 1.65. The Hall–Kier alpha value is -0.870. The zero-order valence-electron chi connectivity index (χ0n) is 9.59. The van der Waals surface area contributed by atoms with Gasteiger partial charge < -0.3 is 10.6 Å². The summed E-state index contributed by atoms with van der Waals surface area (Å²) in [5.74, 6) is 0.0653. The zero-order chi connectivity index (χ0) is 12.0. The van der Waals surface area contributed by atoms with Crippen molar-refractivity contribution in [3.8, 4) is 0 Å². The summed E-state index contributed by atoms with van der Waals surface area (Å²) in [5, 5.41) is 5.91. The molecule has 0 bridgehead atoms. The molecular weight excluding hydrogens is 268 g/mol. The van der Waals surface area contributed by atoms with Crippen LogP contribution < -0.4 is 10.6 Å². The van der Waals surface area contributed by atoms with Gasteiger partial charge in [-0.25, -0.2) is 0 Å². The van der Waals surface area contributed by atoms with Gasteiger partial charge in [0, 0.05) is 30.5 Å². The van der Waals surface area contributed by atoms with Crippen molar-refractivity contribution in [3.05, 3.63) is 34.3 Å². The maximum Gasteiger partial charge on any atom is 0.221 e. The van der Waals surface area contributed by atoms with E-state index in [0.29, 0.717) is 13.0 Å². The van der Waals surface area contributed by atoms with Gasteiger partial charge in [0.2, 0.25) is 5.91 Å². The van der Waals surface area contributed by atoms with Crippen LogP contribution in [-0.2, 0) is 4.79 Å². The van der Waals surface area contributed by atoms with Crippen molar-refractivity contribution in [2.24, 2.45) is 0 Å². The van der Waals surface area contributed by atoms with Crippen LogP contribution in [0, 0.1) is 0 Å². The third kappa shape index (κ3) is 4.33. The molecule has 88 valence electrons. The van der Waals surface area contributed by atoms with Crippen LogP contribution in [0.15, 0.2) is 28.7 Å². The van der Waals surface area contributed by atoms with E-state index < -0.39 is 0 Å². The Bertz CT molecular complexity index is 337. The molecule has 0 unspecified atom stereocenters. The highest BCUT2D eigenvalue weighted by molar-refractivity contribution is 9.10. The average Bonchev–Trinajstić information content (AvgIpc) is 2.29. The van der Waals surface area contributed by atoms with E-state index in [-0.39, 0.29) is 11.9 Å². The van der Waals surface area contributed by atoms with Crippen LogP contribution in [0.3, 0.4) is 0 Å². The standard InChI is InChI=1S/C12H17BrN2O/c1-9(15-8-7-12(16)14-2)10-3-5-11(13)6-4-10/h3-6,9,15H,7-8H2,1-2H3,(H,14,16)/t9-/m0/s1. The maximum atomic E-state index is 11.0. The van der Waals surface area contributed by atoms with E-state index in [1.807, 2.05) is 12.1 Å². The van der Waals surface area contributed by atoms with Crippen LogP contribution in [0.1, 0.15) is 24.9 Å². The van der Waals surface area contributed by atoms with Crippen molar-refractivity contribution < 1.29 is 4.79 Å². The number of rotatable bonds is 5. The lowest BCUT2D eigenvalue weighted by Gasteiger charge is -2.13. The fourth-order valence-electron chi connectivity index (χ4n) is 1.40. The Morgan fingerprint density at radius 2 is 2.00 bits per heavy atom. The number of hydrogen-bond donors (Lipinski definition) is 2. The molecule has 0 saturated carbocycles. The highest BCUT2D eigenvalue weighted by atomic mass is 79.9. The Balaban J connectivity index is 2.37. The highest BCUT2D eigenvalue weighted by Gasteiger charge is 2.05. The van der Waals surface area contributed by atoms with Gasteiger partial charge in [-0.15, -0.1) is 0 Å². The van der Waals surface area contributed by atoms with E-state index in [2.05, 4.69) is 45.6 Å². The maximum absolute atomic E-state index is 11.0. The largest absolute Gasteiger partial charge is 0.359 e. The number of amides is 1. The fraction of sp³-hybridized carbons (Fsp3) is 0.417. The molecule has 2 N–H and O–H groups in total. The van der Waals surface area contributed by atoms with Crippen molar-refractivity contribution in [2.45, 2.75) is 19.4 Å². The van der Waals surface area contributed by atoms with Crippen molar-refractivity contribution in [2.75, 3.05) is 13.6 Å². The molecule has 0 aliphatic carbocycles. The molecule has 1 amide bonds. The molecule has 16 heavy (non-hydrogen) atoms. The SMILES string of the molecule is CNC(=O)CCN[C@@H](C)c1ccc(Br)cc1. The van der Waals surface area contributed by atoms with Gasteiger partial charge in [-0.05, 0) is 24.6 Å². The summed E-state index contributed by atoms with van der Waals surface area (Å²) in [6.07, 6.45) is 0.511. The summed E-state index contributed by atoms with van der Waals surface area (Å²) in [5.41, 5.74) is 1.22. The number of nitrogens with one attached hydrogen (secondary N) is 2. The molecule has 0 saturated heterocycles. The molecule has 0 aliphatic rings. The lowest BCUT2D eigenvalue weighted by Crippen LogP contribution is -2.26. The van der Waals surface area contributed by atoms with E-state index in [1.54, 1.807) is 7.05 Å². The van der Waals surface area contributed by atoms with E-state index >= 15 is 0 Å². The Kier molecular flexibility index (Phi) is 5.49. The van der Waals surface area contributed by atoms with Crippen molar-refractivity contribution in [1.82, 2.24) is 10.6 Å². The van der Waals surface area contributed by atoms with Crippen molar-refractivity contribution in [1.29, 1.82) is 0 Å². The van der Waals surface area contributed by atoms with Gasteiger partial charge in [-0.3, -0.25) is 4.79 Å². The van der Waals surface area contributed by atoms with Gasteiger partial charge in [-0.1, -0.05) is 28.1 Å². The second-order valence-corrected chi connectivity index (χ2v) is 4.57. The van der Waals surface area contributed by atoms with Gasteiger partial charge in [0.1, 0.15) is 0 Å². The van der Waals surface area contributed by atoms with E-state index in [1.165, 1.54) is 5.56 Å². The number of hydrogen-bond acceptors (Lipinski definition) is 2. The summed E-state index contributed by atoms with van der Waals surface area (Å²) in [4.78, 5) is 11.0. The molecule has 0 fully saturated rings. The minimum atomic E-state index is 0.0653. The minimum Gasteiger partial charge on any atom is -0.359 e. The first-order chi connectivity index (χ1) is 7.63. The van der Waals surface area contributed by atoms with Gasteiger partial charge in [-0.2, -0.15) is 0 Å². The van der Waals surface area contributed by atoms with Crippen LogP contribution in [0.25, 0.3) is 0 Å². The van der Waals surface area contributed by atoms with Crippen LogP contribution in [-0.4, -0.2) is 19.5 Å². The molecule has 1 atom stereocenters. The van der Waals surface area contributed by atoms with E-state index in [4.69, 9.17) is 0 Å². The highest BCUT2D eigenvalue weighted by Crippen LogP contribution is 2.16. The summed E-state index contributed by atoms with van der Waals surface area (Å²) >= 11 is 3.40. The summed E-state index contributed by atoms with van der Waals surface area (Å²) in [6, 6.07) is 8.44. The molecule has 0 aliphatic heterocycles. The molecular formula is C12H17BrN2O. The van der Waals surface area contributed by atoms with Crippen LogP contribution in [0.5, 0.6) is 0 Å². The topological polar surface area (TPSA) is 41.1 Å². The Morgan fingerprint density at radius 1 is 1.38 bits per heavy atom. The predicted octanol–water partition coefficient (Wildman–Crippen LogP) is 2.24. The van der Waals surface area contributed by atoms with Gasteiger partial charge in [0.15, 0.2) is 0 Å². The Morgan fingerprint density at radius 3 is 2.56 bits per heavy atom. The molecule has 0 spiro atoms. The lowest BCUT2D eigenvalue weighted by molar-refractivity contribution is -0.120. The quantitative estimate of drug-likeness (QED) is 0.871. The van der Waals surface area contributed by atoms with Gasteiger partial charge >= 0.3 is 0 Å². The normalized spacial score (nSPS) is 12.2. The van der Waals surface area contributed by atoms with Crippen LogP contribution in [0.2, 0.25) is 0 Å². The minimum absolute atomic E-state index is 0.0653. The lowest BCUT2D eigenvalue weighted by atomic mass is 10.1. The monoisotopic (exact) mass is 284 g/mol. The van der Waals surface area contributed by atoms with Crippen molar-refractivity contribution >= 4 is 21.8 Å². The number of benzene rings is 1. The first-order valence-electron chi connectivity index (χ1n) is 5.33. The Labute approximate surface area is 105 Å². The molecule has 3 nitrogen and oxygen atoms in total. The van der Waals surface area contributed by atoms with E-state index in [9.17, 15) is 4.79 Å². The van der Waals surface area contributed by atoms with Crippen molar-refractivity contribution in [3.63, 3.8) is 0 Å². The molecule has 0 heterocycles. The molecule has 1 rings (SSSR count). The molecule has 0 aromatic heterocycles. The fourth-order valence-corrected chi connectivity index (χ4v) is 1.66. The summed E-state index contributed by atoms with van der Waals surface area (Å²) in [6.45, 7) is 2.78. The second-order valence-electron chi connectivity index (χ2n) is 3.65. The van der Waals surface area contributed by atoms with Gasteiger partial charge in [0.25, 0.3) is 0 Å². The molecule has 1 aromatic rings. The number of halogens is 1. The third-order valence-corrected chi connectivity index (χ3v) is 2.98. The average molecular weight is 285 g/mol. The van der Waals surface area contributed by atoms with Gasteiger partial charge in [0.05, 0.1) is 0 Å². The molecule has 4 heteroatoms. The zero-order valence-corrected chi connectivity index (χ0v) is 11.2. The van der Waals surface area contributed by atoms with Crippen LogP contribution >= 0.6 is 15.9 Å². The summed E-state index contributed by atoms with van der Waals surface area (Å²) < 4.78 is 1.08. The smallest absolute Gasteiger partial charge is 0.221 e.